The molecule has 56 heavy (non-hydrogen) atoms. The molecule has 0 unspecified atom stereocenters. The van der Waals surface area contributed by atoms with Crippen molar-refractivity contribution in [2.75, 3.05) is 4.90 Å². The zero-order valence-corrected chi connectivity index (χ0v) is 31.0. The Hall–Kier alpha value is -6.90. The maximum Gasteiger partial charge on any atom is 0.0542 e. The maximum atomic E-state index is 2.49. The normalized spacial score (nSPS) is 13.1. The number of rotatable bonds is 5. The molecule has 0 fully saturated rings. The van der Waals surface area contributed by atoms with Gasteiger partial charge in [-0.3, -0.25) is 0 Å². The first-order chi connectivity index (χ1) is 27.7. The van der Waals surface area contributed by atoms with E-state index in [1.54, 1.807) is 0 Å². The lowest BCUT2D eigenvalue weighted by Gasteiger charge is -2.31. The number of para-hydroxylation sites is 3. The number of benzene rings is 9. The summed E-state index contributed by atoms with van der Waals surface area (Å²) < 4.78 is 2.41. The van der Waals surface area contributed by atoms with Crippen molar-refractivity contribution in [1.29, 1.82) is 0 Å². The van der Waals surface area contributed by atoms with Crippen molar-refractivity contribution in [3.05, 3.63) is 193 Å². The van der Waals surface area contributed by atoms with Crippen LogP contribution in [0.3, 0.4) is 0 Å². The number of aryl methyl sites for hydroxylation is 2. The summed E-state index contributed by atoms with van der Waals surface area (Å²) in [4.78, 5) is 2.48. The molecule has 12 rings (SSSR count). The molecule has 10 aromatic rings. The first kappa shape index (κ1) is 31.5. The Morgan fingerprint density at radius 1 is 0.375 bits per heavy atom. The third kappa shape index (κ3) is 4.82. The number of nitrogens with zero attached hydrogens (tertiary/aromatic N) is 2. The van der Waals surface area contributed by atoms with E-state index in [0.717, 1.165) is 12.8 Å². The van der Waals surface area contributed by atoms with E-state index < -0.39 is 0 Å². The van der Waals surface area contributed by atoms with Gasteiger partial charge >= 0.3 is 0 Å². The Morgan fingerprint density at radius 2 is 0.911 bits per heavy atom. The van der Waals surface area contributed by atoms with E-state index in [2.05, 4.69) is 191 Å². The van der Waals surface area contributed by atoms with E-state index in [4.69, 9.17) is 0 Å². The third-order valence-corrected chi connectivity index (χ3v) is 12.4. The van der Waals surface area contributed by atoms with Gasteiger partial charge in [-0.1, -0.05) is 97.1 Å². The number of anilines is 3. The molecule has 2 heteroatoms. The summed E-state index contributed by atoms with van der Waals surface area (Å²) in [7, 11) is 0. The Bertz CT molecular complexity index is 3140. The molecule has 0 N–H and O–H groups in total. The standard InChI is InChI=1S/C54H38N2/c1-3-13-35(14-4-1)47-29-36-15-7-8-16-37(36)34-54(47)55(42-17-5-2-6-18-42)43-25-23-38-30-48-50(32-40(38)27-43)49-31-39-24-26-44(28-41(39)33-51(48)49)56-52-21-11-9-19-45(52)46-20-10-12-22-53(46)56/h1-6,9-14,17-34H,7-8,15-16H2. The van der Waals surface area contributed by atoms with Crippen LogP contribution in [0.4, 0.5) is 17.1 Å². The fraction of sp³-hybridized carbons (Fsp3) is 0.0741. The lowest BCUT2D eigenvalue weighted by atomic mass is 9.78. The van der Waals surface area contributed by atoms with Crippen molar-refractivity contribution < 1.29 is 0 Å². The fourth-order valence-corrected chi connectivity index (χ4v) is 9.69. The molecule has 0 saturated carbocycles. The van der Waals surface area contributed by atoms with Gasteiger partial charge in [0.15, 0.2) is 0 Å². The highest BCUT2D eigenvalue weighted by Gasteiger charge is 2.26. The minimum absolute atomic E-state index is 1.14. The molecule has 2 aliphatic carbocycles. The van der Waals surface area contributed by atoms with Gasteiger partial charge in [0.05, 0.1) is 16.7 Å². The van der Waals surface area contributed by atoms with E-state index in [0.29, 0.717) is 0 Å². The monoisotopic (exact) mass is 714 g/mol. The van der Waals surface area contributed by atoms with Crippen LogP contribution >= 0.6 is 0 Å². The van der Waals surface area contributed by atoms with Gasteiger partial charge < -0.3 is 9.47 Å². The summed E-state index contributed by atoms with van der Waals surface area (Å²) in [5.41, 5.74) is 18.1. The van der Waals surface area contributed by atoms with Crippen LogP contribution in [0.25, 0.3) is 82.4 Å². The van der Waals surface area contributed by atoms with Gasteiger partial charge in [-0.2, -0.15) is 0 Å². The zero-order valence-electron chi connectivity index (χ0n) is 31.0. The molecule has 0 saturated heterocycles. The van der Waals surface area contributed by atoms with Gasteiger partial charge in [-0.05, 0) is 171 Å². The number of hydrogen-bond donors (Lipinski definition) is 0. The average Bonchev–Trinajstić information content (AvgIpc) is 3.60. The molecule has 0 spiro atoms. The molecule has 0 amide bonds. The summed E-state index contributed by atoms with van der Waals surface area (Å²) in [6.07, 6.45) is 4.81. The summed E-state index contributed by atoms with van der Waals surface area (Å²) in [5, 5.41) is 7.63. The minimum atomic E-state index is 1.14. The highest BCUT2D eigenvalue weighted by Crippen LogP contribution is 2.51. The molecule has 0 aliphatic heterocycles. The maximum absolute atomic E-state index is 2.49. The first-order valence-corrected chi connectivity index (χ1v) is 20.0. The second kappa shape index (κ2) is 12.3. The highest BCUT2D eigenvalue weighted by molar-refractivity contribution is 6.13. The lowest BCUT2D eigenvalue weighted by molar-refractivity contribution is 0.686. The van der Waals surface area contributed by atoms with Gasteiger partial charge in [-0.25, -0.2) is 0 Å². The summed E-state index contributed by atoms with van der Waals surface area (Å²) in [6, 6.07) is 67.9. The van der Waals surface area contributed by atoms with E-state index in [-0.39, 0.29) is 0 Å². The molecule has 264 valence electrons. The molecular weight excluding hydrogens is 677 g/mol. The largest absolute Gasteiger partial charge is 0.310 e. The van der Waals surface area contributed by atoms with Crippen molar-refractivity contribution in [2.45, 2.75) is 25.7 Å². The van der Waals surface area contributed by atoms with Gasteiger partial charge in [0, 0.05) is 33.4 Å². The molecule has 0 radical (unpaired) electrons. The summed E-state index contributed by atoms with van der Waals surface area (Å²) in [5.74, 6) is 0. The highest BCUT2D eigenvalue weighted by atomic mass is 15.1. The van der Waals surface area contributed by atoms with E-state index in [1.165, 1.54) is 123 Å². The van der Waals surface area contributed by atoms with Crippen molar-refractivity contribution in [2.24, 2.45) is 0 Å². The van der Waals surface area contributed by atoms with Crippen LogP contribution in [0.15, 0.2) is 182 Å². The lowest BCUT2D eigenvalue weighted by Crippen LogP contribution is -2.13. The van der Waals surface area contributed by atoms with Crippen LogP contribution in [0.1, 0.15) is 24.0 Å². The number of fused-ring (bicyclic) bond motifs is 10. The summed E-state index contributed by atoms with van der Waals surface area (Å²) in [6.45, 7) is 0. The molecule has 2 aliphatic rings. The topological polar surface area (TPSA) is 8.17 Å². The van der Waals surface area contributed by atoms with Crippen LogP contribution in [-0.4, -0.2) is 4.57 Å². The predicted molar refractivity (Wildman–Crippen MR) is 237 cm³/mol. The molecule has 1 aromatic heterocycles. The van der Waals surface area contributed by atoms with E-state index >= 15 is 0 Å². The second-order valence-electron chi connectivity index (χ2n) is 15.6. The third-order valence-electron chi connectivity index (χ3n) is 12.4. The van der Waals surface area contributed by atoms with Crippen LogP contribution in [-0.2, 0) is 12.8 Å². The Labute approximate surface area is 326 Å². The van der Waals surface area contributed by atoms with Crippen molar-refractivity contribution >= 4 is 60.4 Å². The van der Waals surface area contributed by atoms with Crippen LogP contribution in [0.5, 0.6) is 0 Å². The Kier molecular flexibility index (Phi) is 6.91. The van der Waals surface area contributed by atoms with Gasteiger partial charge in [0.2, 0.25) is 0 Å². The number of hydrogen-bond acceptors (Lipinski definition) is 1. The fourth-order valence-electron chi connectivity index (χ4n) is 9.69. The first-order valence-electron chi connectivity index (χ1n) is 20.0. The number of aromatic nitrogens is 1. The van der Waals surface area contributed by atoms with Crippen molar-refractivity contribution in [3.63, 3.8) is 0 Å². The zero-order chi connectivity index (χ0) is 36.7. The predicted octanol–water partition coefficient (Wildman–Crippen LogP) is 14.8. The molecule has 0 atom stereocenters. The van der Waals surface area contributed by atoms with Gasteiger partial charge in [-0.15, -0.1) is 0 Å². The van der Waals surface area contributed by atoms with Crippen molar-refractivity contribution in [1.82, 2.24) is 4.57 Å². The smallest absolute Gasteiger partial charge is 0.0542 e. The minimum Gasteiger partial charge on any atom is -0.310 e. The van der Waals surface area contributed by atoms with Crippen LogP contribution in [0.2, 0.25) is 0 Å². The van der Waals surface area contributed by atoms with E-state index in [9.17, 15) is 0 Å². The van der Waals surface area contributed by atoms with Crippen LogP contribution < -0.4 is 4.90 Å². The molecule has 2 nitrogen and oxygen atoms in total. The Morgan fingerprint density at radius 3 is 1.57 bits per heavy atom. The van der Waals surface area contributed by atoms with E-state index in [1.807, 2.05) is 0 Å². The Balaban J connectivity index is 0.972. The second-order valence-corrected chi connectivity index (χ2v) is 15.6. The average molecular weight is 715 g/mol. The van der Waals surface area contributed by atoms with Gasteiger partial charge in [0.25, 0.3) is 0 Å². The molecule has 9 aromatic carbocycles. The quantitative estimate of drug-likeness (QED) is 0.172. The molecule has 1 heterocycles. The van der Waals surface area contributed by atoms with Crippen molar-refractivity contribution in [3.8, 4) is 39.1 Å². The molecular formula is C54H38N2. The van der Waals surface area contributed by atoms with Crippen LogP contribution in [0, 0.1) is 0 Å². The summed E-state index contributed by atoms with van der Waals surface area (Å²) >= 11 is 0. The molecule has 0 bridgehead atoms. The van der Waals surface area contributed by atoms with Gasteiger partial charge in [0.1, 0.15) is 0 Å². The SMILES string of the molecule is c1ccc(-c2cc3c(cc2N(c2ccccc2)c2ccc4cc5c(cc4c2)-c2cc4ccc(-n6c7ccccc7c7ccccc76)cc4cc2-5)CCCC3)cc1.